The van der Waals surface area contributed by atoms with E-state index in [1.165, 1.54) is 17.5 Å². The maximum atomic E-state index is 10.4. The quantitative estimate of drug-likeness (QED) is 0.855. The predicted molar refractivity (Wildman–Crippen MR) is 75.6 cm³/mol. The Kier molecular flexibility index (Phi) is 4.41. The highest BCUT2D eigenvalue weighted by molar-refractivity contribution is 5.23. The Balaban J connectivity index is 1.87. The first-order valence-electron chi connectivity index (χ1n) is 7.11. The molecule has 1 aliphatic carbocycles. The number of hydrogen-bond acceptors (Lipinski definition) is 2. The van der Waals surface area contributed by atoms with Crippen LogP contribution in [0.3, 0.4) is 0 Å². The summed E-state index contributed by atoms with van der Waals surface area (Å²) in [5.41, 5.74) is 2.11. The van der Waals surface area contributed by atoms with Crippen LogP contribution in [0, 0.1) is 6.92 Å². The third-order valence-electron chi connectivity index (χ3n) is 4.10. The van der Waals surface area contributed by atoms with E-state index in [-0.39, 0.29) is 0 Å². The minimum Gasteiger partial charge on any atom is -0.389 e. The second-order valence-corrected chi connectivity index (χ2v) is 5.80. The van der Waals surface area contributed by atoms with Crippen molar-refractivity contribution in [1.29, 1.82) is 0 Å². The minimum atomic E-state index is -0.475. The fourth-order valence-corrected chi connectivity index (χ4v) is 2.70. The number of benzene rings is 1. The lowest BCUT2D eigenvalue weighted by Gasteiger charge is -2.33. The van der Waals surface area contributed by atoms with E-state index in [0.717, 1.165) is 25.7 Å². The molecule has 2 nitrogen and oxygen atoms in total. The lowest BCUT2D eigenvalue weighted by Crippen LogP contribution is -2.42. The highest BCUT2D eigenvalue weighted by atomic mass is 16.3. The van der Waals surface area contributed by atoms with Crippen LogP contribution in [0.1, 0.15) is 56.2 Å². The average Bonchev–Trinajstić information content (AvgIpc) is 2.38. The Morgan fingerprint density at radius 1 is 1.17 bits per heavy atom. The molecule has 1 atom stereocenters. The van der Waals surface area contributed by atoms with Crippen molar-refractivity contribution in [2.45, 2.75) is 57.6 Å². The van der Waals surface area contributed by atoms with E-state index in [1.807, 2.05) is 0 Å². The fraction of sp³-hybridized carbons (Fsp3) is 0.625. The second-order valence-electron chi connectivity index (χ2n) is 5.80. The summed E-state index contributed by atoms with van der Waals surface area (Å²) >= 11 is 0. The van der Waals surface area contributed by atoms with Gasteiger partial charge in [-0.3, -0.25) is 0 Å². The van der Waals surface area contributed by atoms with E-state index < -0.39 is 5.60 Å². The van der Waals surface area contributed by atoms with Crippen molar-refractivity contribution in [3.8, 4) is 0 Å². The number of aliphatic hydroxyl groups is 1. The molecule has 1 aliphatic rings. The summed E-state index contributed by atoms with van der Waals surface area (Å²) in [6.07, 6.45) is 5.49. The molecule has 0 aromatic heterocycles. The molecule has 0 unspecified atom stereocenters. The van der Waals surface area contributed by atoms with Crippen LogP contribution in [0.5, 0.6) is 0 Å². The van der Waals surface area contributed by atoms with Crippen molar-refractivity contribution in [3.05, 3.63) is 35.4 Å². The van der Waals surface area contributed by atoms with E-state index in [2.05, 4.69) is 43.4 Å². The zero-order chi connectivity index (χ0) is 13.0. The molecule has 1 aromatic carbocycles. The molecular weight excluding hydrogens is 222 g/mol. The van der Waals surface area contributed by atoms with Gasteiger partial charge in [0.1, 0.15) is 0 Å². The van der Waals surface area contributed by atoms with Crippen molar-refractivity contribution in [1.82, 2.24) is 5.32 Å². The molecule has 0 aliphatic heterocycles. The Labute approximate surface area is 110 Å². The molecule has 1 aromatic rings. The van der Waals surface area contributed by atoms with E-state index in [4.69, 9.17) is 0 Å². The molecule has 0 amide bonds. The first-order valence-corrected chi connectivity index (χ1v) is 7.11. The summed E-state index contributed by atoms with van der Waals surface area (Å²) in [5, 5.41) is 13.9. The van der Waals surface area contributed by atoms with Gasteiger partial charge >= 0.3 is 0 Å². The first kappa shape index (κ1) is 13.6. The predicted octanol–water partition coefficient (Wildman–Crippen LogP) is 3.34. The highest BCUT2D eigenvalue weighted by Gasteiger charge is 2.29. The Hall–Kier alpha value is -0.860. The molecule has 0 heterocycles. The van der Waals surface area contributed by atoms with Gasteiger partial charge in [-0.15, -0.1) is 0 Å². The lowest BCUT2D eigenvalue weighted by atomic mass is 9.84. The molecule has 0 saturated heterocycles. The molecule has 2 rings (SSSR count). The van der Waals surface area contributed by atoms with Gasteiger partial charge < -0.3 is 10.4 Å². The summed E-state index contributed by atoms with van der Waals surface area (Å²) in [7, 11) is 0. The lowest BCUT2D eigenvalue weighted by molar-refractivity contribution is 0.00300. The molecule has 1 fully saturated rings. The molecule has 2 N–H and O–H groups in total. The van der Waals surface area contributed by atoms with E-state index >= 15 is 0 Å². The summed E-state index contributed by atoms with van der Waals surface area (Å²) in [5.74, 6) is 0. The first-order chi connectivity index (χ1) is 8.59. The van der Waals surface area contributed by atoms with Gasteiger partial charge in [-0.05, 0) is 32.3 Å². The summed E-state index contributed by atoms with van der Waals surface area (Å²) in [6, 6.07) is 8.91. The number of nitrogens with one attached hydrogen (secondary N) is 1. The minimum absolute atomic E-state index is 0.302. The summed E-state index contributed by atoms with van der Waals surface area (Å²) < 4.78 is 0. The van der Waals surface area contributed by atoms with Crippen LogP contribution in [0.4, 0.5) is 0 Å². The molecule has 100 valence electrons. The van der Waals surface area contributed by atoms with Gasteiger partial charge in [-0.25, -0.2) is 0 Å². The average molecular weight is 247 g/mol. The van der Waals surface area contributed by atoms with Gasteiger partial charge in [0, 0.05) is 12.6 Å². The van der Waals surface area contributed by atoms with Crippen molar-refractivity contribution >= 4 is 0 Å². The molecule has 18 heavy (non-hydrogen) atoms. The zero-order valence-electron chi connectivity index (χ0n) is 11.6. The van der Waals surface area contributed by atoms with Crippen molar-refractivity contribution in [2.75, 3.05) is 6.54 Å². The second kappa shape index (κ2) is 5.85. The molecular formula is C16H25NO. The Morgan fingerprint density at radius 2 is 1.78 bits per heavy atom. The summed E-state index contributed by atoms with van der Waals surface area (Å²) in [4.78, 5) is 0. The van der Waals surface area contributed by atoms with Crippen LogP contribution in [-0.4, -0.2) is 17.3 Å². The SMILES string of the molecule is Cc1ccc([C@@H](C)NCC2(O)CCCCC2)cc1. The maximum Gasteiger partial charge on any atom is 0.0771 e. The molecule has 0 radical (unpaired) electrons. The smallest absolute Gasteiger partial charge is 0.0771 e. The maximum absolute atomic E-state index is 10.4. The molecule has 2 heteroatoms. The van der Waals surface area contributed by atoms with Crippen molar-refractivity contribution in [2.24, 2.45) is 0 Å². The molecule has 0 bridgehead atoms. The van der Waals surface area contributed by atoms with Crippen molar-refractivity contribution in [3.63, 3.8) is 0 Å². The number of rotatable bonds is 4. The van der Waals surface area contributed by atoms with Gasteiger partial charge in [0.15, 0.2) is 0 Å². The van der Waals surface area contributed by atoms with Gasteiger partial charge in [-0.2, -0.15) is 0 Å². The Morgan fingerprint density at radius 3 is 2.39 bits per heavy atom. The van der Waals surface area contributed by atoms with Gasteiger partial charge in [0.25, 0.3) is 0 Å². The van der Waals surface area contributed by atoms with Gasteiger partial charge in [0.2, 0.25) is 0 Å². The topological polar surface area (TPSA) is 32.3 Å². The fourth-order valence-electron chi connectivity index (χ4n) is 2.70. The highest BCUT2D eigenvalue weighted by Crippen LogP contribution is 2.28. The molecule has 1 saturated carbocycles. The van der Waals surface area contributed by atoms with E-state index in [1.54, 1.807) is 0 Å². The molecule has 0 spiro atoms. The Bertz CT molecular complexity index is 365. The van der Waals surface area contributed by atoms with Crippen LogP contribution in [0.15, 0.2) is 24.3 Å². The third kappa shape index (κ3) is 3.56. The van der Waals surface area contributed by atoms with Crippen LogP contribution in [0.25, 0.3) is 0 Å². The monoisotopic (exact) mass is 247 g/mol. The van der Waals surface area contributed by atoms with E-state index in [9.17, 15) is 5.11 Å². The zero-order valence-corrected chi connectivity index (χ0v) is 11.6. The third-order valence-corrected chi connectivity index (χ3v) is 4.10. The van der Waals surface area contributed by atoms with E-state index in [0.29, 0.717) is 12.6 Å². The summed E-state index contributed by atoms with van der Waals surface area (Å²) in [6.45, 7) is 4.98. The normalized spacial score (nSPS) is 20.6. The van der Waals surface area contributed by atoms with Gasteiger partial charge in [-0.1, -0.05) is 49.1 Å². The largest absolute Gasteiger partial charge is 0.389 e. The van der Waals surface area contributed by atoms with Crippen LogP contribution >= 0.6 is 0 Å². The number of hydrogen-bond donors (Lipinski definition) is 2. The van der Waals surface area contributed by atoms with Crippen LogP contribution < -0.4 is 5.32 Å². The van der Waals surface area contributed by atoms with Gasteiger partial charge in [0.05, 0.1) is 5.60 Å². The van der Waals surface area contributed by atoms with Crippen LogP contribution in [-0.2, 0) is 0 Å². The van der Waals surface area contributed by atoms with Crippen molar-refractivity contribution < 1.29 is 5.11 Å². The van der Waals surface area contributed by atoms with Crippen LogP contribution in [0.2, 0.25) is 0 Å². The standard InChI is InChI=1S/C16H25NO/c1-13-6-8-15(9-7-13)14(2)17-12-16(18)10-4-3-5-11-16/h6-9,14,17-18H,3-5,10-12H2,1-2H3/t14-/m1/s1. The number of aryl methyl sites for hydroxylation is 1.